The van der Waals surface area contributed by atoms with Gasteiger partial charge in [0.2, 0.25) is 11.5 Å². The maximum Gasteiger partial charge on any atom is 0.424 e. The molecule has 0 aromatic carbocycles. The number of imidazole rings is 1. The molecule has 27 heavy (non-hydrogen) atoms. The maximum atomic E-state index is 13.4. The van der Waals surface area contributed by atoms with Crippen LogP contribution in [0.1, 0.15) is 50.8 Å². The molecule has 0 radical (unpaired) electrons. The molecule has 1 aliphatic carbocycles. The van der Waals surface area contributed by atoms with Crippen LogP contribution in [0.4, 0.5) is 13.2 Å². The Morgan fingerprint density at radius 2 is 2.00 bits per heavy atom. The number of carbonyl (C=O) groups is 1. The minimum atomic E-state index is -4.90. The van der Waals surface area contributed by atoms with Crippen LogP contribution in [0.25, 0.3) is 0 Å². The molecule has 1 atom stereocenters. The number of hydrogen-bond donors (Lipinski definition) is 3. The van der Waals surface area contributed by atoms with Gasteiger partial charge in [-0.2, -0.15) is 13.2 Å². The molecular weight excluding hydrogens is 385 g/mol. The first kappa shape index (κ1) is 23.7. The van der Waals surface area contributed by atoms with Crippen molar-refractivity contribution in [3.05, 3.63) is 18.2 Å². The van der Waals surface area contributed by atoms with E-state index in [9.17, 15) is 23.1 Å². The van der Waals surface area contributed by atoms with Crippen molar-refractivity contribution in [1.29, 1.82) is 0 Å². The summed E-state index contributed by atoms with van der Waals surface area (Å²) in [6.07, 6.45) is 1.98. The fraction of sp³-hybridized carbons (Fsp3) is 0.765. The van der Waals surface area contributed by atoms with Gasteiger partial charge in [-0.25, -0.2) is 4.98 Å². The molecule has 0 saturated heterocycles. The molecule has 0 aliphatic heterocycles. The molecule has 1 aliphatic rings. The largest absolute Gasteiger partial charge is 0.424 e. The van der Waals surface area contributed by atoms with Gasteiger partial charge in [-0.15, -0.1) is 12.4 Å². The van der Waals surface area contributed by atoms with Gasteiger partial charge in [0.05, 0.1) is 0 Å². The molecule has 0 spiro atoms. The number of aliphatic hydroxyl groups is 1. The Bertz CT molecular complexity index is 618. The van der Waals surface area contributed by atoms with Crippen molar-refractivity contribution < 1.29 is 23.1 Å². The van der Waals surface area contributed by atoms with Gasteiger partial charge in [0, 0.05) is 38.8 Å². The lowest BCUT2D eigenvalue weighted by Gasteiger charge is -2.35. The smallest absolute Gasteiger partial charge is 0.374 e. The van der Waals surface area contributed by atoms with Crippen LogP contribution in [-0.4, -0.2) is 39.8 Å². The van der Waals surface area contributed by atoms with Gasteiger partial charge in [0.1, 0.15) is 5.82 Å². The van der Waals surface area contributed by atoms with E-state index < -0.39 is 24.0 Å². The first-order valence-corrected chi connectivity index (χ1v) is 8.87. The van der Waals surface area contributed by atoms with E-state index in [-0.39, 0.29) is 36.7 Å². The van der Waals surface area contributed by atoms with Crippen LogP contribution >= 0.6 is 12.4 Å². The highest BCUT2D eigenvalue weighted by Crippen LogP contribution is 2.41. The van der Waals surface area contributed by atoms with Gasteiger partial charge >= 0.3 is 6.18 Å². The number of halogens is 4. The van der Waals surface area contributed by atoms with Crippen molar-refractivity contribution >= 4 is 18.3 Å². The van der Waals surface area contributed by atoms with Gasteiger partial charge in [-0.3, -0.25) is 4.79 Å². The molecule has 10 heteroatoms. The van der Waals surface area contributed by atoms with Gasteiger partial charge in [-0.1, -0.05) is 19.3 Å². The molecule has 1 fully saturated rings. The van der Waals surface area contributed by atoms with Crippen molar-refractivity contribution in [3.8, 4) is 0 Å². The molecule has 2 rings (SSSR count). The number of aromatic nitrogens is 2. The van der Waals surface area contributed by atoms with E-state index >= 15 is 0 Å². The normalized spacial score (nSPS) is 19.0. The van der Waals surface area contributed by atoms with Gasteiger partial charge in [-0.05, 0) is 24.8 Å². The minimum absolute atomic E-state index is 0. The summed E-state index contributed by atoms with van der Waals surface area (Å²) in [4.78, 5) is 15.8. The highest BCUT2D eigenvalue weighted by atomic mass is 35.5. The SMILES string of the molecule is Cl.Cn1ccnc1C(O)(CCNC(=O)CC1(CN)CCCCC1)C(F)(F)F. The van der Waals surface area contributed by atoms with Crippen molar-refractivity contribution in [3.63, 3.8) is 0 Å². The number of alkyl halides is 3. The van der Waals surface area contributed by atoms with Crippen LogP contribution in [0, 0.1) is 5.41 Å². The van der Waals surface area contributed by atoms with E-state index in [1.165, 1.54) is 19.4 Å². The van der Waals surface area contributed by atoms with Crippen molar-refractivity contribution in [1.82, 2.24) is 14.9 Å². The lowest BCUT2D eigenvalue weighted by Crippen LogP contribution is -2.47. The Labute approximate surface area is 163 Å². The Morgan fingerprint density at radius 3 is 2.48 bits per heavy atom. The van der Waals surface area contributed by atoms with E-state index in [0.717, 1.165) is 36.7 Å². The predicted molar refractivity (Wildman–Crippen MR) is 97.2 cm³/mol. The number of aryl methyl sites for hydroxylation is 1. The molecule has 0 bridgehead atoms. The van der Waals surface area contributed by atoms with Crippen LogP contribution in [0.5, 0.6) is 0 Å². The maximum absolute atomic E-state index is 13.4. The number of nitrogens with zero attached hydrogens (tertiary/aromatic N) is 2. The van der Waals surface area contributed by atoms with Crippen molar-refractivity contribution in [2.24, 2.45) is 18.2 Å². The lowest BCUT2D eigenvalue weighted by atomic mass is 9.71. The predicted octanol–water partition coefficient (Wildman–Crippen LogP) is 2.40. The summed E-state index contributed by atoms with van der Waals surface area (Å²) in [7, 11) is 1.38. The molecule has 1 saturated carbocycles. The number of carbonyl (C=O) groups excluding carboxylic acids is 1. The third-order valence-corrected chi connectivity index (χ3v) is 5.35. The third kappa shape index (κ3) is 5.36. The summed E-state index contributed by atoms with van der Waals surface area (Å²) < 4.78 is 41.4. The van der Waals surface area contributed by atoms with E-state index in [2.05, 4.69) is 10.3 Å². The summed E-state index contributed by atoms with van der Waals surface area (Å²) in [5, 5.41) is 12.7. The Hall–Kier alpha value is -1.32. The summed E-state index contributed by atoms with van der Waals surface area (Å²) in [6, 6.07) is 0. The van der Waals surface area contributed by atoms with Crippen LogP contribution in [0.15, 0.2) is 12.4 Å². The Kier molecular flexibility index (Phi) is 8.13. The van der Waals surface area contributed by atoms with E-state index in [1.807, 2.05) is 0 Å². The average Bonchev–Trinajstić information content (AvgIpc) is 3.01. The Morgan fingerprint density at radius 1 is 1.37 bits per heavy atom. The molecule has 1 unspecified atom stereocenters. The first-order chi connectivity index (χ1) is 12.1. The lowest BCUT2D eigenvalue weighted by molar-refractivity contribution is -0.272. The van der Waals surface area contributed by atoms with E-state index in [4.69, 9.17) is 5.73 Å². The van der Waals surface area contributed by atoms with E-state index in [1.54, 1.807) is 0 Å². The summed E-state index contributed by atoms with van der Waals surface area (Å²) in [5.41, 5.74) is 2.46. The van der Waals surface area contributed by atoms with Gasteiger partial charge < -0.3 is 20.7 Å². The monoisotopic (exact) mass is 412 g/mol. The standard InChI is InChI=1S/C17H27F3N4O2.ClH/c1-24-10-9-23-14(24)16(26,17(18,19)20)7-8-22-13(25)11-15(12-21)5-3-2-4-6-15;/h9-10,26H,2-8,11-12,21H2,1H3,(H,22,25);1H. The summed E-state index contributed by atoms with van der Waals surface area (Å²) >= 11 is 0. The fourth-order valence-corrected chi connectivity index (χ4v) is 3.69. The van der Waals surface area contributed by atoms with Crippen LogP contribution in [0.2, 0.25) is 0 Å². The van der Waals surface area contributed by atoms with Crippen LogP contribution in [0.3, 0.4) is 0 Å². The zero-order valence-electron chi connectivity index (χ0n) is 15.4. The van der Waals surface area contributed by atoms with Crippen LogP contribution in [-0.2, 0) is 17.4 Å². The first-order valence-electron chi connectivity index (χ1n) is 8.87. The highest BCUT2D eigenvalue weighted by Gasteiger charge is 2.57. The highest BCUT2D eigenvalue weighted by molar-refractivity contribution is 5.85. The molecular formula is C17H28ClF3N4O2. The van der Waals surface area contributed by atoms with Gasteiger partial charge in [0.25, 0.3) is 0 Å². The number of rotatable bonds is 7. The second-order valence-corrected chi connectivity index (χ2v) is 7.26. The zero-order valence-corrected chi connectivity index (χ0v) is 16.2. The quantitative estimate of drug-likeness (QED) is 0.641. The van der Waals surface area contributed by atoms with Crippen molar-refractivity contribution in [2.45, 2.75) is 56.7 Å². The fourth-order valence-electron chi connectivity index (χ4n) is 3.69. The van der Waals surface area contributed by atoms with Gasteiger partial charge in [0.15, 0.2) is 0 Å². The van der Waals surface area contributed by atoms with Crippen LogP contribution < -0.4 is 11.1 Å². The zero-order chi connectivity index (χ0) is 19.4. The molecule has 1 aromatic rings. The number of amides is 1. The molecule has 6 nitrogen and oxygen atoms in total. The van der Waals surface area contributed by atoms with Crippen molar-refractivity contribution in [2.75, 3.05) is 13.1 Å². The minimum Gasteiger partial charge on any atom is -0.374 e. The van der Waals surface area contributed by atoms with E-state index in [0.29, 0.717) is 6.54 Å². The molecule has 1 aromatic heterocycles. The molecule has 1 amide bonds. The molecule has 4 N–H and O–H groups in total. The number of nitrogens with one attached hydrogen (secondary N) is 1. The Balaban J connectivity index is 0.00000364. The molecule has 1 heterocycles. The topological polar surface area (TPSA) is 93.2 Å². The number of hydrogen-bond acceptors (Lipinski definition) is 4. The second kappa shape index (κ2) is 9.25. The summed E-state index contributed by atoms with van der Waals surface area (Å²) in [6.45, 7) is 0.0858. The molecule has 156 valence electrons. The summed E-state index contributed by atoms with van der Waals surface area (Å²) in [5.74, 6) is -0.827. The average molecular weight is 413 g/mol. The third-order valence-electron chi connectivity index (χ3n) is 5.35. The second-order valence-electron chi connectivity index (χ2n) is 7.26. The number of nitrogens with two attached hydrogens (primary N) is 1.